The van der Waals surface area contributed by atoms with Crippen LogP contribution in [0.5, 0.6) is 5.75 Å². The molecule has 3 atom stereocenters. The molecule has 9 heteroatoms. The van der Waals surface area contributed by atoms with E-state index in [1.165, 1.54) is 0 Å². The van der Waals surface area contributed by atoms with Gasteiger partial charge in [0.15, 0.2) is 0 Å². The number of hydrogen-bond acceptors (Lipinski definition) is 5. The van der Waals surface area contributed by atoms with E-state index in [1.54, 1.807) is 37.2 Å². The van der Waals surface area contributed by atoms with Gasteiger partial charge in [-0.2, -0.15) is 0 Å². The molecule has 1 fully saturated rings. The van der Waals surface area contributed by atoms with Crippen molar-refractivity contribution in [2.24, 2.45) is 0 Å². The average molecular weight is 467 g/mol. The fourth-order valence-corrected chi connectivity index (χ4v) is 4.34. The number of nitrogens with zero attached hydrogens (tertiary/aromatic N) is 1. The van der Waals surface area contributed by atoms with Gasteiger partial charge in [-0.15, -0.1) is 0 Å². The Morgan fingerprint density at radius 3 is 2.50 bits per heavy atom. The van der Waals surface area contributed by atoms with Crippen LogP contribution in [0.25, 0.3) is 0 Å². The van der Waals surface area contributed by atoms with Crippen molar-refractivity contribution < 1.29 is 23.9 Å². The Kier molecular flexibility index (Phi) is 7.02. The molecule has 0 radical (unpaired) electrons. The number of likely N-dealkylation sites (N-methyl/N-ethyl adjacent to an activating group) is 1. The van der Waals surface area contributed by atoms with E-state index in [2.05, 4.69) is 16.0 Å². The summed E-state index contributed by atoms with van der Waals surface area (Å²) in [6.07, 6.45) is 1.15. The topological polar surface area (TPSA) is 109 Å². The quantitative estimate of drug-likeness (QED) is 0.641. The van der Waals surface area contributed by atoms with Crippen LogP contribution in [-0.2, 0) is 9.53 Å². The minimum Gasteiger partial charge on any atom is -0.490 e. The van der Waals surface area contributed by atoms with Gasteiger partial charge in [-0.05, 0) is 50.1 Å². The molecular formula is C25H30N4O5. The van der Waals surface area contributed by atoms with E-state index in [0.29, 0.717) is 35.5 Å². The third kappa shape index (κ3) is 5.31. The second-order valence-electron chi connectivity index (χ2n) is 8.70. The summed E-state index contributed by atoms with van der Waals surface area (Å²) in [6.45, 7) is 2.24. The van der Waals surface area contributed by atoms with Crippen molar-refractivity contribution in [1.29, 1.82) is 0 Å². The number of anilines is 2. The number of ether oxygens (including phenoxy) is 2. The van der Waals surface area contributed by atoms with Gasteiger partial charge in [0.1, 0.15) is 18.5 Å². The molecule has 0 aliphatic carbocycles. The maximum absolute atomic E-state index is 13.3. The second-order valence-corrected chi connectivity index (χ2v) is 8.70. The zero-order valence-electron chi connectivity index (χ0n) is 19.6. The molecule has 9 nitrogen and oxygen atoms in total. The zero-order chi connectivity index (χ0) is 24.2. The number of fused-ring (bicyclic) bond motifs is 2. The van der Waals surface area contributed by atoms with E-state index >= 15 is 0 Å². The Balaban J connectivity index is 1.46. The molecule has 2 aromatic carbocycles. The SMILES string of the molecule is CNC(=O)C[C@@H]1CC[C@@H]2[C@@H](COc3ccc(NC(=O)Nc4ccc(C)cc4)cc3C(=O)N2C)O1. The minimum absolute atomic E-state index is 0.0727. The largest absolute Gasteiger partial charge is 0.490 e. The number of carbonyl (C=O) groups excluding carboxylic acids is 3. The van der Waals surface area contributed by atoms with Crippen LogP contribution >= 0.6 is 0 Å². The molecular weight excluding hydrogens is 436 g/mol. The summed E-state index contributed by atoms with van der Waals surface area (Å²) in [6, 6.07) is 11.9. The third-order valence-corrected chi connectivity index (χ3v) is 6.27. The van der Waals surface area contributed by atoms with Gasteiger partial charge < -0.3 is 30.3 Å². The summed E-state index contributed by atoms with van der Waals surface area (Å²) in [5.74, 6) is 0.147. The number of carbonyl (C=O) groups is 3. The standard InChI is InChI=1S/C25H30N4O5/c1-15-4-6-16(7-5-15)27-25(32)28-17-8-11-21-19(12-17)24(31)29(3)20-10-9-18(13-23(30)26-2)34-22(20)14-33-21/h4-8,11-12,18,20,22H,9-10,13-14H2,1-3H3,(H,26,30)(H2,27,28,32)/t18-,20+,22+/m0/s1. The van der Waals surface area contributed by atoms with E-state index in [0.717, 1.165) is 5.56 Å². The van der Waals surface area contributed by atoms with Crippen molar-refractivity contribution in [1.82, 2.24) is 10.2 Å². The van der Waals surface area contributed by atoms with Crippen molar-refractivity contribution in [3.8, 4) is 5.75 Å². The summed E-state index contributed by atoms with van der Waals surface area (Å²) < 4.78 is 12.1. The number of nitrogens with one attached hydrogen (secondary N) is 3. The summed E-state index contributed by atoms with van der Waals surface area (Å²) in [5, 5.41) is 8.17. The molecule has 0 saturated carbocycles. The fourth-order valence-electron chi connectivity index (χ4n) is 4.34. The molecule has 180 valence electrons. The van der Waals surface area contributed by atoms with Gasteiger partial charge in [0, 0.05) is 25.5 Å². The van der Waals surface area contributed by atoms with Crippen LogP contribution in [0, 0.1) is 6.92 Å². The van der Waals surface area contributed by atoms with Gasteiger partial charge in [0.05, 0.1) is 24.1 Å². The molecule has 0 unspecified atom stereocenters. The van der Waals surface area contributed by atoms with Crippen LogP contribution in [-0.4, -0.2) is 61.7 Å². The summed E-state index contributed by atoms with van der Waals surface area (Å²) >= 11 is 0. The monoisotopic (exact) mass is 466 g/mol. The smallest absolute Gasteiger partial charge is 0.323 e. The highest BCUT2D eigenvalue weighted by atomic mass is 16.5. The van der Waals surface area contributed by atoms with Gasteiger partial charge in [-0.3, -0.25) is 9.59 Å². The highest BCUT2D eigenvalue weighted by Gasteiger charge is 2.39. The predicted octanol–water partition coefficient (Wildman–Crippen LogP) is 3.16. The van der Waals surface area contributed by atoms with Gasteiger partial charge in [0.25, 0.3) is 5.91 Å². The molecule has 0 bridgehead atoms. The average Bonchev–Trinajstić information content (AvgIpc) is 2.83. The van der Waals surface area contributed by atoms with E-state index in [9.17, 15) is 14.4 Å². The molecule has 2 aliphatic heterocycles. The highest BCUT2D eigenvalue weighted by Crippen LogP contribution is 2.32. The van der Waals surface area contributed by atoms with Crippen LogP contribution in [0.4, 0.5) is 16.2 Å². The van der Waals surface area contributed by atoms with Gasteiger partial charge >= 0.3 is 6.03 Å². The molecule has 0 spiro atoms. The van der Waals surface area contributed by atoms with E-state index in [4.69, 9.17) is 9.47 Å². The van der Waals surface area contributed by atoms with Gasteiger partial charge in [-0.25, -0.2) is 4.79 Å². The maximum Gasteiger partial charge on any atom is 0.323 e. The van der Waals surface area contributed by atoms with Crippen molar-refractivity contribution in [3.05, 3.63) is 53.6 Å². The highest BCUT2D eigenvalue weighted by molar-refractivity contribution is 6.02. The molecule has 4 amide bonds. The van der Waals surface area contributed by atoms with E-state index in [1.807, 2.05) is 31.2 Å². The summed E-state index contributed by atoms with van der Waals surface area (Å²) in [5.41, 5.74) is 2.63. The lowest BCUT2D eigenvalue weighted by atomic mass is 9.94. The van der Waals surface area contributed by atoms with Crippen LogP contribution in [0.3, 0.4) is 0 Å². The molecule has 3 N–H and O–H groups in total. The number of urea groups is 1. The normalized spacial score (nSPS) is 21.8. The molecule has 4 rings (SSSR count). The van der Waals surface area contributed by atoms with Crippen LogP contribution < -0.4 is 20.7 Å². The number of aryl methyl sites for hydroxylation is 1. The molecule has 2 heterocycles. The first-order chi connectivity index (χ1) is 16.3. The van der Waals surface area contributed by atoms with E-state index in [-0.39, 0.29) is 43.1 Å². The van der Waals surface area contributed by atoms with Gasteiger partial charge in [-0.1, -0.05) is 17.7 Å². The van der Waals surface area contributed by atoms with E-state index < -0.39 is 6.03 Å². The third-order valence-electron chi connectivity index (χ3n) is 6.27. The maximum atomic E-state index is 13.3. The molecule has 1 saturated heterocycles. The predicted molar refractivity (Wildman–Crippen MR) is 128 cm³/mol. The van der Waals surface area contributed by atoms with Crippen LogP contribution in [0.15, 0.2) is 42.5 Å². The lowest BCUT2D eigenvalue weighted by Gasteiger charge is -2.42. The lowest BCUT2D eigenvalue weighted by Crippen LogP contribution is -2.53. The van der Waals surface area contributed by atoms with Crippen LogP contribution in [0.1, 0.15) is 35.2 Å². The second kappa shape index (κ2) is 10.1. The summed E-state index contributed by atoms with van der Waals surface area (Å²) in [7, 11) is 3.35. The number of amides is 4. The summed E-state index contributed by atoms with van der Waals surface area (Å²) in [4.78, 5) is 39.2. The number of rotatable bonds is 4. The molecule has 0 aromatic heterocycles. The van der Waals surface area contributed by atoms with Gasteiger partial charge in [0.2, 0.25) is 5.91 Å². The zero-order valence-corrected chi connectivity index (χ0v) is 19.6. The fraction of sp³-hybridized carbons (Fsp3) is 0.400. The minimum atomic E-state index is -0.403. The Morgan fingerprint density at radius 1 is 1.06 bits per heavy atom. The Morgan fingerprint density at radius 2 is 1.76 bits per heavy atom. The number of hydrogen-bond donors (Lipinski definition) is 3. The van der Waals surface area contributed by atoms with Crippen molar-refractivity contribution in [3.63, 3.8) is 0 Å². The van der Waals surface area contributed by atoms with Crippen molar-refractivity contribution >= 4 is 29.2 Å². The molecule has 34 heavy (non-hydrogen) atoms. The first-order valence-electron chi connectivity index (χ1n) is 11.4. The lowest BCUT2D eigenvalue weighted by molar-refractivity contribution is -0.133. The van der Waals surface area contributed by atoms with Crippen LogP contribution in [0.2, 0.25) is 0 Å². The first-order valence-corrected chi connectivity index (χ1v) is 11.4. The van der Waals surface area contributed by atoms with Crippen molar-refractivity contribution in [2.75, 3.05) is 31.3 Å². The molecule has 2 aromatic rings. The molecule has 2 aliphatic rings. The Bertz CT molecular complexity index is 1070. The first kappa shape index (κ1) is 23.6. The van der Waals surface area contributed by atoms with Crippen molar-refractivity contribution in [2.45, 2.75) is 44.4 Å². The Labute approximate surface area is 198 Å². The number of benzene rings is 2. The Hall–Kier alpha value is -3.59.